The summed E-state index contributed by atoms with van der Waals surface area (Å²) >= 11 is 0. The van der Waals surface area contributed by atoms with Gasteiger partial charge in [-0.1, -0.05) is 37.6 Å². The average molecular weight is 327 g/mol. The lowest BCUT2D eigenvalue weighted by Gasteiger charge is -2.06. The van der Waals surface area contributed by atoms with Gasteiger partial charge in [0.2, 0.25) is 0 Å². The van der Waals surface area contributed by atoms with Crippen molar-refractivity contribution in [2.45, 2.75) is 32.9 Å². The number of imidazole rings is 1. The molecule has 7 nitrogen and oxygen atoms in total. The third-order valence-electron chi connectivity index (χ3n) is 3.82. The van der Waals surface area contributed by atoms with Crippen LogP contribution in [-0.4, -0.2) is 26.1 Å². The van der Waals surface area contributed by atoms with Gasteiger partial charge in [-0.3, -0.25) is 4.57 Å². The molecule has 0 radical (unpaired) electrons. The van der Waals surface area contributed by atoms with Crippen molar-refractivity contribution in [3.05, 3.63) is 52.1 Å². The van der Waals surface area contributed by atoms with E-state index in [9.17, 15) is 4.79 Å². The summed E-state index contributed by atoms with van der Waals surface area (Å²) < 4.78 is 7.12. The van der Waals surface area contributed by atoms with Gasteiger partial charge < -0.3 is 15.5 Å². The summed E-state index contributed by atoms with van der Waals surface area (Å²) in [7, 11) is 0. The van der Waals surface area contributed by atoms with E-state index < -0.39 is 0 Å². The number of benzene rings is 1. The highest BCUT2D eigenvalue weighted by atomic mass is 16.5. The average Bonchev–Trinajstić information content (AvgIpc) is 2.91. The van der Waals surface area contributed by atoms with Gasteiger partial charge in [-0.25, -0.2) is 9.78 Å². The monoisotopic (exact) mass is 327 g/mol. The van der Waals surface area contributed by atoms with Gasteiger partial charge in [0.05, 0.1) is 19.3 Å². The zero-order valence-corrected chi connectivity index (χ0v) is 13.7. The number of hydrogen-bond donors (Lipinski definition) is 2. The second kappa shape index (κ2) is 7.27. The van der Waals surface area contributed by atoms with E-state index in [4.69, 9.17) is 10.5 Å². The number of aromatic amines is 1. The Morgan fingerprint density at radius 3 is 2.71 bits per heavy atom. The maximum Gasteiger partial charge on any atom is 0.328 e. The van der Waals surface area contributed by atoms with Gasteiger partial charge in [0.25, 0.3) is 0 Å². The van der Waals surface area contributed by atoms with Crippen molar-refractivity contribution in [3.8, 4) is 6.01 Å². The van der Waals surface area contributed by atoms with Gasteiger partial charge in [0.15, 0.2) is 5.65 Å². The molecule has 2 heterocycles. The van der Waals surface area contributed by atoms with E-state index in [0.29, 0.717) is 36.9 Å². The largest absolute Gasteiger partial charge is 0.463 e. The summed E-state index contributed by atoms with van der Waals surface area (Å²) in [5.41, 5.74) is 8.60. The van der Waals surface area contributed by atoms with Gasteiger partial charge in [-0.15, -0.1) is 0 Å². The van der Waals surface area contributed by atoms with Crippen molar-refractivity contribution in [3.63, 3.8) is 0 Å². The van der Waals surface area contributed by atoms with Gasteiger partial charge in [0, 0.05) is 6.54 Å². The fraction of sp³-hybridized carbons (Fsp3) is 0.353. The zero-order valence-electron chi connectivity index (χ0n) is 13.7. The fourth-order valence-corrected chi connectivity index (χ4v) is 2.42. The number of hydrogen-bond acceptors (Lipinski definition) is 5. The Balaban J connectivity index is 1.89. The minimum atomic E-state index is -0.215. The first-order chi connectivity index (χ1) is 11.7. The molecule has 126 valence electrons. The first-order valence-electron chi connectivity index (χ1n) is 8.07. The van der Waals surface area contributed by atoms with Crippen LogP contribution in [0.2, 0.25) is 0 Å². The summed E-state index contributed by atoms with van der Waals surface area (Å²) in [6, 6.07) is 8.15. The van der Waals surface area contributed by atoms with E-state index in [-0.39, 0.29) is 5.69 Å². The number of H-pyrrole nitrogens is 1. The first-order valence-corrected chi connectivity index (χ1v) is 8.07. The molecule has 2 aromatic heterocycles. The van der Waals surface area contributed by atoms with Crippen LogP contribution in [0.1, 0.15) is 30.9 Å². The molecule has 7 heteroatoms. The minimum absolute atomic E-state index is 0.215. The Kier molecular flexibility index (Phi) is 4.90. The summed E-state index contributed by atoms with van der Waals surface area (Å²) in [5.74, 6) is 0. The van der Waals surface area contributed by atoms with E-state index in [1.807, 2.05) is 24.3 Å². The smallest absolute Gasteiger partial charge is 0.328 e. The van der Waals surface area contributed by atoms with E-state index in [2.05, 4.69) is 21.9 Å². The van der Waals surface area contributed by atoms with Crippen LogP contribution < -0.4 is 16.2 Å². The molecule has 0 aliphatic heterocycles. The number of fused-ring (bicyclic) bond motifs is 1. The predicted molar refractivity (Wildman–Crippen MR) is 92.0 cm³/mol. The van der Waals surface area contributed by atoms with Crippen molar-refractivity contribution in [1.29, 1.82) is 0 Å². The van der Waals surface area contributed by atoms with E-state index in [0.717, 1.165) is 24.0 Å². The highest BCUT2D eigenvalue weighted by molar-refractivity contribution is 5.69. The molecule has 1 aromatic carbocycles. The number of nitrogens with zero attached hydrogens (tertiary/aromatic N) is 3. The molecular formula is C17H21N5O2. The first kappa shape index (κ1) is 16.2. The van der Waals surface area contributed by atoms with Crippen LogP contribution in [-0.2, 0) is 13.1 Å². The lowest BCUT2D eigenvalue weighted by Crippen LogP contribution is -2.18. The molecule has 3 rings (SSSR count). The highest BCUT2D eigenvalue weighted by Gasteiger charge is 2.11. The van der Waals surface area contributed by atoms with Crippen LogP contribution >= 0.6 is 0 Å². The van der Waals surface area contributed by atoms with Crippen molar-refractivity contribution in [2.75, 3.05) is 6.61 Å². The van der Waals surface area contributed by atoms with Crippen LogP contribution in [0.15, 0.2) is 35.3 Å². The van der Waals surface area contributed by atoms with Gasteiger partial charge in [0.1, 0.15) is 5.52 Å². The predicted octanol–water partition coefficient (Wildman–Crippen LogP) is 1.81. The SMILES string of the molecule is CCCCOc1ncc2[nH]c(=O)n(Cc3ccc(CN)cc3)c2n1. The minimum Gasteiger partial charge on any atom is -0.463 e. The number of nitrogens with one attached hydrogen (secondary N) is 1. The molecule has 0 aliphatic carbocycles. The van der Waals surface area contributed by atoms with Crippen LogP contribution in [0, 0.1) is 0 Å². The second-order valence-electron chi connectivity index (χ2n) is 5.63. The molecule has 0 amide bonds. The molecule has 0 unspecified atom stereocenters. The van der Waals surface area contributed by atoms with Crippen LogP contribution in [0.25, 0.3) is 11.2 Å². The molecule has 0 saturated heterocycles. The van der Waals surface area contributed by atoms with Crippen molar-refractivity contribution in [1.82, 2.24) is 19.5 Å². The molecule has 0 fully saturated rings. The van der Waals surface area contributed by atoms with Crippen molar-refractivity contribution >= 4 is 11.2 Å². The number of ether oxygens (including phenoxy) is 1. The summed E-state index contributed by atoms with van der Waals surface area (Å²) in [6.45, 7) is 3.58. The Morgan fingerprint density at radius 2 is 2.00 bits per heavy atom. The van der Waals surface area contributed by atoms with Gasteiger partial charge in [-0.2, -0.15) is 4.98 Å². The standard InChI is InChI=1S/C17H21N5O2/c1-2-3-8-24-16-19-10-14-15(21-16)22(17(23)20-14)11-13-6-4-12(9-18)5-7-13/h4-7,10H,2-3,8-9,11,18H2,1H3,(H,20,23). The van der Waals surface area contributed by atoms with E-state index >= 15 is 0 Å². The van der Waals surface area contributed by atoms with Crippen LogP contribution in [0.3, 0.4) is 0 Å². The molecule has 0 aliphatic rings. The topological polar surface area (TPSA) is 98.8 Å². The fourth-order valence-electron chi connectivity index (χ4n) is 2.42. The Bertz CT molecular complexity index is 867. The molecular weight excluding hydrogens is 306 g/mol. The van der Waals surface area contributed by atoms with Gasteiger partial charge in [-0.05, 0) is 17.5 Å². The Labute approximate surface area is 139 Å². The maximum atomic E-state index is 12.2. The lowest BCUT2D eigenvalue weighted by atomic mass is 10.1. The maximum absolute atomic E-state index is 12.2. The number of nitrogens with two attached hydrogens (primary N) is 1. The Hall–Kier alpha value is -2.67. The second-order valence-corrected chi connectivity index (χ2v) is 5.63. The quantitative estimate of drug-likeness (QED) is 0.645. The Morgan fingerprint density at radius 1 is 1.25 bits per heavy atom. The molecule has 3 aromatic rings. The van der Waals surface area contributed by atoms with Crippen LogP contribution in [0.4, 0.5) is 0 Å². The van der Waals surface area contributed by atoms with Crippen molar-refractivity contribution < 1.29 is 4.74 Å². The normalized spacial score (nSPS) is 11.1. The molecule has 24 heavy (non-hydrogen) atoms. The molecule has 0 saturated carbocycles. The molecule has 0 atom stereocenters. The molecule has 0 bridgehead atoms. The van der Waals surface area contributed by atoms with Crippen molar-refractivity contribution in [2.24, 2.45) is 5.73 Å². The number of rotatable bonds is 7. The summed E-state index contributed by atoms with van der Waals surface area (Å²) in [5, 5.41) is 0. The molecule has 3 N–H and O–H groups in total. The summed E-state index contributed by atoms with van der Waals surface area (Å²) in [6.07, 6.45) is 3.56. The number of aromatic nitrogens is 4. The molecule has 0 spiro atoms. The van der Waals surface area contributed by atoms with E-state index in [1.54, 1.807) is 10.8 Å². The highest BCUT2D eigenvalue weighted by Crippen LogP contribution is 2.13. The zero-order chi connectivity index (χ0) is 16.9. The summed E-state index contributed by atoms with van der Waals surface area (Å²) in [4.78, 5) is 23.5. The van der Waals surface area contributed by atoms with Gasteiger partial charge >= 0.3 is 11.7 Å². The third-order valence-corrected chi connectivity index (χ3v) is 3.82. The van der Waals surface area contributed by atoms with Crippen LogP contribution in [0.5, 0.6) is 6.01 Å². The lowest BCUT2D eigenvalue weighted by molar-refractivity contribution is 0.286. The van der Waals surface area contributed by atoms with E-state index in [1.165, 1.54) is 0 Å². The number of unbranched alkanes of at least 4 members (excludes halogenated alkanes) is 1. The third kappa shape index (κ3) is 3.46.